The number of hydrogen-bond donors (Lipinski definition) is 1. The predicted molar refractivity (Wildman–Crippen MR) is 118 cm³/mol. The van der Waals surface area contributed by atoms with Crippen molar-refractivity contribution in [3.63, 3.8) is 0 Å². The lowest BCUT2D eigenvalue weighted by molar-refractivity contribution is -0.115. The van der Waals surface area contributed by atoms with Crippen LogP contribution in [0.1, 0.15) is 18.9 Å². The third-order valence-electron chi connectivity index (χ3n) is 4.59. The van der Waals surface area contributed by atoms with Crippen molar-refractivity contribution >= 4 is 45.9 Å². The van der Waals surface area contributed by atoms with Gasteiger partial charge in [-0.25, -0.2) is 4.98 Å². The van der Waals surface area contributed by atoms with Gasteiger partial charge in [-0.15, -0.1) is 0 Å². The fourth-order valence-corrected chi connectivity index (χ4v) is 4.03. The number of rotatable bonds is 6. The number of halogens is 1. The van der Waals surface area contributed by atoms with E-state index in [-0.39, 0.29) is 11.5 Å². The Morgan fingerprint density at radius 3 is 2.76 bits per heavy atom. The van der Waals surface area contributed by atoms with E-state index in [1.165, 1.54) is 23.4 Å². The Balaban J connectivity index is 1.88. The van der Waals surface area contributed by atoms with Crippen LogP contribution < -0.4 is 15.6 Å². The summed E-state index contributed by atoms with van der Waals surface area (Å²) in [7, 11) is 3.19. The first-order valence-corrected chi connectivity index (χ1v) is 10.4. The molecule has 3 rings (SSSR count). The predicted octanol–water partition coefficient (Wildman–Crippen LogP) is 4.41. The molecule has 0 bridgehead atoms. The van der Waals surface area contributed by atoms with Gasteiger partial charge in [0.25, 0.3) is 5.56 Å². The fraction of sp³-hybridized carbons (Fsp3) is 0.286. The number of benzene rings is 2. The summed E-state index contributed by atoms with van der Waals surface area (Å²) in [6.45, 7) is 3.78. The third-order valence-corrected chi connectivity index (χ3v) is 6.41. The van der Waals surface area contributed by atoms with E-state index in [1.54, 1.807) is 31.3 Å². The number of ether oxygens (including phenoxy) is 1. The highest BCUT2D eigenvalue weighted by Gasteiger charge is 2.22. The van der Waals surface area contributed by atoms with Crippen LogP contribution in [0.4, 0.5) is 5.69 Å². The number of fused-ring (bicyclic) bond motifs is 1. The molecule has 1 heterocycles. The highest BCUT2D eigenvalue weighted by Crippen LogP contribution is 2.32. The van der Waals surface area contributed by atoms with Gasteiger partial charge >= 0.3 is 0 Å². The molecule has 152 valence electrons. The minimum absolute atomic E-state index is 0.136. The summed E-state index contributed by atoms with van der Waals surface area (Å²) in [5, 5.41) is 4.09. The number of aromatic nitrogens is 2. The molecule has 1 aromatic heterocycles. The minimum atomic E-state index is -0.435. The van der Waals surface area contributed by atoms with Gasteiger partial charge < -0.3 is 10.1 Å². The zero-order valence-electron chi connectivity index (χ0n) is 16.7. The number of nitrogens with one attached hydrogen (secondary N) is 1. The molecule has 29 heavy (non-hydrogen) atoms. The Morgan fingerprint density at radius 1 is 1.34 bits per heavy atom. The first kappa shape index (κ1) is 21.2. The fourth-order valence-electron chi connectivity index (χ4n) is 2.90. The second-order valence-corrected chi connectivity index (χ2v) is 8.16. The van der Waals surface area contributed by atoms with Crippen molar-refractivity contribution in [2.45, 2.75) is 30.7 Å². The Morgan fingerprint density at radius 2 is 2.07 bits per heavy atom. The zero-order chi connectivity index (χ0) is 21.1. The molecule has 0 spiro atoms. The summed E-state index contributed by atoms with van der Waals surface area (Å²) in [4.78, 5) is 30.1. The van der Waals surface area contributed by atoms with Crippen molar-refractivity contribution in [3.8, 4) is 5.75 Å². The Kier molecular flexibility index (Phi) is 6.49. The Bertz CT molecular complexity index is 1130. The summed E-state index contributed by atoms with van der Waals surface area (Å²) < 4.78 is 6.82. The van der Waals surface area contributed by atoms with Gasteiger partial charge in [0.1, 0.15) is 5.75 Å². The molecule has 0 aliphatic carbocycles. The number of carbonyl (C=O) groups is 1. The molecule has 0 saturated carbocycles. The number of anilines is 1. The van der Waals surface area contributed by atoms with Gasteiger partial charge in [0.2, 0.25) is 5.91 Å². The van der Waals surface area contributed by atoms with Crippen LogP contribution in [0.5, 0.6) is 5.75 Å². The number of methoxy groups -OCH3 is 1. The molecule has 6 nitrogen and oxygen atoms in total. The van der Waals surface area contributed by atoms with E-state index < -0.39 is 5.25 Å². The van der Waals surface area contributed by atoms with Crippen molar-refractivity contribution in [1.29, 1.82) is 0 Å². The standard InChI is InChI=1S/C21H22ClN3O3S/c1-5-18(19(26)23-16-10-12(2)14(22)11-17(16)28-4)29-21-24-15-9-7-6-8-13(15)20(27)25(21)3/h6-11,18H,5H2,1-4H3,(H,23,26). The monoisotopic (exact) mass is 431 g/mol. The Labute approximate surface area is 178 Å². The SMILES string of the molecule is CCC(Sc1nc2ccccc2c(=O)n1C)C(=O)Nc1cc(C)c(Cl)cc1OC. The number of carbonyl (C=O) groups excluding carboxylic acids is 1. The number of para-hydroxylation sites is 1. The van der Waals surface area contributed by atoms with Crippen molar-refractivity contribution in [2.75, 3.05) is 12.4 Å². The van der Waals surface area contributed by atoms with Crippen molar-refractivity contribution in [2.24, 2.45) is 7.05 Å². The average Bonchev–Trinajstić information content (AvgIpc) is 2.72. The summed E-state index contributed by atoms with van der Waals surface area (Å²) in [5.41, 5.74) is 1.87. The summed E-state index contributed by atoms with van der Waals surface area (Å²) in [6.07, 6.45) is 0.564. The largest absolute Gasteiger partial charge is 0.495 e. The number of hydrogen-bond acceptors (Lipinski definition) is 5. The first-order chi connectivity index (χ1) is 13.8. The maximum Gasteiger partial charge on any atom is 0.261 e. The molecule has 0 radical (unpaired) electrons. The van der Waals surface area contributed by atoms with Crippen molar-refractivity contribution in [1.82, 2.24) is 9.55 Å². The lowest BCUT2D eigenvalue weighted by atomic mass is 10.2. The molecule has 1 unspecified atom stereocenters. The van der Waals surface area contributed by atoms with E-state index in [9.17, 15) is 9.59 Å². The second kappa shape index (κ2) is 8.88. The quantitative estimate of drug-likeness (QED) is 0.462. The van der Waals surface area contributed by atoms with Crippen molar-refractivity contribution < 1.29 is 9.53 Å². The molecule has 1 atom stereocenters. The van der Waals surface area contributed by atoms with Crippen LogP contribution in [-0.2, 0) is 11.8 Å². The number of amides is 1. The summed E-state index contributed by atoms with van der Waals surface area (Å²) in [5.74, 6) is 0.296. The summed E-state index contributed by atoms with van der Waals surface area (Å²) >= 11 is 7.41. The van der Waals surface area contributed by atoms with Gasteiger partial charge in [-0.05, 0) is 37.1 Å². The van der Waals surface area contributed by atoms with E-state index in [0.29, 0.717) is 38.9 Å². The van der Waals surface area contributed by atoms with Crippen LogP contribution in [0.2, 0.25) is 5.02 Å². The zero-order valence-corrected chi connectivity index (χ0v) is 18.2. The molecular weight excluding hydrogens is 410 g/mol. The topological polar surface area (TPSA) is 73.2 Å². The molecule has 1 N–H and O–H groups in total. The van der Waals surface area contributed by atoms with E-state index >= 15 is 0 Å². The molecule has 3 aromatic rings. The van der Waals surface area contributed by atoms with Crippen LogP contribution >= 0.6 is 23.4 Å². The minimum Gasteiger partial charge on any atom is -0.495 e. The average molecular weight is 432 g/mol. The smallest absolute Gasteiger partial charge is 0.261 e. The van der Waals surface area contributed by atoms with Crippen LogP contribution in [0, 0.1) is 6.92 Å². The lowest BCUT2D eigenvalue weighted by Crippen LogP contribution is -2.27. The molecule has 0 aliphatic heterocycles. The second-order valence-electron chi connectivity index (χ2n) is 6.58. The van der Waals surface area contributed by atoms with Crippen LogP contribution in [0.3, 0.4) is 0 Å². The van der Waals surface area contributed by atoms with Crippen LogP contribution in [-0.4, -0.2) is 27.8 Å². The summed E-state index contributed by atoms with van der Waals surface area (Å²) in [6, 6.07) is 10.6. The number of thioether (sulfide) groups is 1. The maximum atomic E-state index is 12.9. The number of aryl methyl sites for hydroxylation is 1. The molecule has 0 fully saturated rings. The molecule has 2 aromatic carbocycles. The normalized spacial score (nSPS) is 12.0. The van der Waals surface area contributed by atoms with Gasteiger partial charge in [-0.3, -0.25) is 14.2 Å². The van der Waals surface area contributed by atoms with Gasteiger partial charge in [-0.1, -0.05) is 42.4 Å². The Hall–Kier alpha value is -2.51. The highest BCUT2D eigenvalue weighted by atomic mass is 35.5. The third kappa shape index (κ3) is 4.41. The van der Waals surface area contributed by atoms with Gasteiger partial charge in [-0.2, -0.15) is 0 Å². The van der Waals surface area contributed by atoms with Gasteiger partial charge in [0.05, 0.1) is 29.0 Å². The highest BCUT2D eigenvalue weighted by molar-refractivity contribution is 8.00. The molecule has 8 heteroatoms. The molecular formula is C21H22ClN3O3S. The first-order valence-electron chi connectivity index (χ1n) is 9.13. The van der Waals surface area contributed by atoms with Crippen molar-refractivity contribution in [3.05, 3.63) is 57.3 Å². The number of nitrogens with zero attached hydrogens (tertiary/aromatic N) is 2. The van der Waals surface area contributed by atoms with E-state index in [4.69, 9.17) is 16.3 Å². The van der Waals surface area contributed by atoms with E-state index in [1.807, 2.05) is 26.0 Å². The van der Waals surface area contributed by atoms with E-state index in [0.717, 1.165) is 5.56 Å². The maximum absolute atomic E-state index is 12.9. The van der Waals surface area contributed by atoms with Crippen LogP contribution in [0.25, 0.3) is 10.9 Å². The molecule has 0 saturated heterocycles. The van der Waals surface area contributed by atoms with Gasteiger partial charge in [0.15, 0.2) is 5.16 Å². The van der Waals surface area contributed by atoms with Crippen LogP contribution in [0.15, 0.2) is 46.3 Å². The molecule has 1 amide bonds. The van der Waals surface area contributed by atoms with Gasteiger partial charge in [0, 0.05) is 18.1 Å². The van der Waals surface area contributed by atoms with E-state index in [2.05, 4.69) is 10.3 Å². The molecule has 0 aliphatic rings. The lowest BCUT2D eigenvalue weighted by Gasteiger charge is -2.18.